The Morgan fingerprint density at radius 3 is 2.71 bits per heavy atom. The van der Waals surface area contributed by atoms with Crippen LogP contribution in [-0.2, 0) is 14.3 Å². The lowest BCUT2D eigenvalue weighted by atomic mass is 9.58. The van der Waals surface area contributed by atoms with Crippen molar-refractivity contribution in [2.45, 2.75) is 50.0 Å². The van der Waals surface area contributed by atoms with E-state index >= 15 is 0 Å². The number of rotatable bonds is 4. The molecule has 4 atom stereocenters. The number of hydrogen-bond acceptors (Lipinski definition) is 5. The molecule has 3 unspecified atom stereocenters. The Hall–Kier alpha value is -1.66. The lowest BCUT2D eigenvalue weighted by molar-refractivity contribution is -0.152. The number of nitrogens with two attached hydrogens (primary N) is 1. The highest BCUT2D eigenvalue weighted by Gasteiger charge is 2.53. The van der Waals surface area contributed by atoms with Crippen LogP contribution in [0.5, 0.6) is 5.75 Å². The predicted octanol–water partition coefficient (Wildman–Crippen LogP) is 2.37. The molecule has 0 radical (unpaired) electrons. The third-order valence-corrected chi connectivity index (χ3v) is 6.88. The summed E-state index contributed by atoms with van der Waals surface area (Å²) >= 11 is 0. The van der Waals surface area contributed by atoms with Crippen LogP contribution in [0.15, 0.2) is 18.2 Å². The van der Waals surface area contributed by atoms with E-state index in [1.54, 1.807) is 12.1 Å². The number of carbonyl (C=O) groups is 2. The number of phenols is 1. The molecule has 6 heteroatoms. The quantitative estimate of drug-likeness (QED) is 0.645. The van der Waals surface area contributed by atoms with Gasteiger partial charge in [0.25, 0.3) is 0 Å². The van der Waals surface area contributed by atoms with Gasteiger partial charge in [0.1, 0.15) is 11.5 Å². The molecule has 0 amide bonds. The number of aromatic hydroxyl groups is 1. The topological polar surface area (TPSA) is 89.6 Å². The fourth-order valence-electron chi connectivity index (χ4n) is 3.89. The van der Waals surface area contributed by atoms with Crippen LogP contribution in [0.3, 0.4) is 0 Å². The molecule has 0 saturated heterocycles. The molecule has 2 bridgehead atoms. The molecule has 130 valence electrons. The minimum absolute atomic E-state index is 0.0525. The molecule has 0 aromatic heterocycles. The van der Waals surface area contributed by atoms with E-state index in [0.29, 0.717) is 13.0 Å². The van der Waals surface area contributed by atoms with E-state index in [-0.39, 0.29) is 23.4 Å². The molecule has 5 nitrogen and oxygen atoms in total. The fraction of sp³-hybridized carbons (Fsp3) is 0.556. The first-order valence-corrected chi connectivity index (χ1v) is 12.2. The maximum Gasteiger partial charge on any atom is 0.311 e. The van der Waals surface area contributed by atoms with Gasteiger partial charge in [-0.05, 0) is 29.3 Å². The largest absolute Gasteiger partial charge is 0.508 e. The van der Waals surface area contributed by atoms with Crippen LogP contribution in [0.25, 0.3) is 0 Å². The van der Waals surface area contributed by atoms with Gasteiger partial charge in [0.05, 0.1) is 18.4 Å². The highest BCUT2D eigenvalue weighted by atomic mass is 28.3. The summed E-state index contributed by atoms with van der Waals surface area (Å²) in [5, 5.41) is 9.72. The summed E-state index contributed by atoms with van der Waals surface area (Å²) in [5.41, 5.74) is 8.01. The minimum Gasteiger partial charge on any atom is -0.508 e. The number of hydrogen-bond donors (Lipinski definition) is 2. The summed E-state index contributed by atoms with van der Waals surface area (Å²) < 4.78 is 5.51. The van der Waals surface area contributed by atoms with E-state index in [1.807, 2.05) is 6.07 Å². The first-order valence-electron chi connectivity index (χ1n) is 8.47. The molecule has 0 aliphatic heterocycles. The van der Waals surface area contributed by atoms with Gasteiger partial charge < -0.3 is 15.6 Å². The van der Waals surface area contributed by atoms with E-state index < -0.39 is 26.0 Å². The summed E-state index contributed by atoms with van der Waals surface area (Å²) in [4.78, 5) is 25.0. The first-order chi connectivity index (χ1) is 11.2. The summed E-state index contributed by atoms with van der Waals surface area (Å²) in [6, 6.07) is 5.35. The van der Waals surface area contributed by atoms with Crippen molar-refractivity contribution in [2.75, 3.05) is 6.61 Å². The number of benzene rings is 1. The van der Waals surface area contributed by atoms with Gasteiger partial charge in [-0.1, -0.05) is 25.7 Å². The number of ketones is 1. The maximum absolute atomic E-state index is 12.6. The molecular weight excluding hydrogens is 322 g/mol. The molecule has 1 saturated carbocycles. The van der Waals surface area contributed by atoms with Gasteiger partial charge in [-0.3, -0.25) is 9.59 Å². The third-order valence-electron chi connectivity index (χ3n) is 5.17. The lowest BCUT2D eigenvalue weighted by Gasteiger charge is -2.45. The SMILES string of the molecule is C[Si](C)(C)CCOC(=O)C1C2CC(=O)C(c3cc(O)ccc32)[C@H]1N. The van der Waals surface area contributed by atoms with Crippen LogP contribution >= 0.6 is 0 Å². The van der Waals surface area contributed by atoms with E-state index in [2.05, 4.69) is 19.6 Å². The Bertz CT molecular complexity index is 682. The molecule has 3 N–H and O–H groups in total. The number of carbonyl (C=O) groups excluding carboxylic acids is 2. The van der Waals surface area contributed by atoms with Gasteiger partial charge in [0.2, 0.25) is 0 Å². The highest BCUT2D eigenvalue weighted by molar-refractivity contribution is 6.76. The molecule has 0 heterocycles. The van der Waals surface area contributed by atoms with Crippen molar-refractivity contribution in [3.05, 3.63) is 29.3 Å². The zero-order chi connectivity index (χ0) is 17.6. The average Bonchev–Trinajstić information content (AvgIpc) is 2.45. The summed E-state index contributed by atoms with van der Waals surface area (Å²) in [7, 11) is -1.27. The molecule has 1 fully saturated rings. The smallest absolute Gasteiger partial charge is 0.311 e. The van der Waals surface area contributed by atoms with E-state index in [9.17, 15) is 14.7 Å². The van der Waals surface area contributed by atoms with Crippen molar-refractivity contribution < 1.29 is 19.4 Å². The monoisotopic (exact) mass is 347 g/mol. The lowest BCUT2D eigenvalue weighted by Crippen LogP contribution is -2.54. The first kappa shape index (κ1) is 17.2. The molecule has 4 rings (SSSR count). The molecule has 3 aliphatic carbocycles. The minimum atomic E-state index is -1.27. The number of ether oxygens (including phenoxy) is 1. The van der Waals surface area contributed by atoms with Crippen LogP contribution in [0.1, 0.15) is 29.4 Å². The van der Waals surface area contributed by atoms with Crippen molar-refractivity contribution in [2.24, 2.45) is 11.7 Å². The Morgan fingerprint density at radius 1 is 1.33 bits per heavy atom. The predicted molar refractivity (Wildman–Crippen MR) is 93.8 cm³/mol. The average molecular weight is 347 g/mol. The zero-order valence-corrected chi connectivity index (χ0v) is 15.4. The van der Waals surface area contributed by atoms with Gasteiger partial charge >= 0.3 is 5.97 Å². The molecule has 1 aromatic carbocycles. The van der Waals surface area contributed by atoms with E-state index in [0.717, 1.165) is 17.2 Å². The molecular formula is C18H25NO4Si. The van der Waals surface area contributed by atoms with Crippen LogP contribution in [0.2, 0.25) is 25.7 Å². The van der Waals surface area contributed by atoms with Gasteiger partial charge in [0, 0.05) is 26.5 Å². The number of fused-ring (bicyclic) bond motifs is 2. The van der Waals surface area contributed by atoms with Crippen molar-refractivity contribution in [3.8, 4) is 5.75 Å². The Balaban J connectivity index is 1.83. The second kappa shape index (κ2) is 6.00. The van der Waals surface area contributed by atoms with Crippen LogP contribution < -0.4 is 5.73 Å². The number of phenolic OH excluding ortho intramolecular Hbond substituents is 1. The third kappa shape index (κ3) is 3.00. The Labute approximate surface area is 143 Å². The number of Topliss-reactive ketones (excluding diaryl/α,β-unsaturated/α-hetero) is 1. The van der Waals surface area contributed by atoms with Crippen LogP contribution in [0, 0.1) is 5.92 Å². The Morgan fingerprint density at radius 2 is 2.04 bits per heavy atom. The van der Waals surface area contributed by atoms with Crippen LogP contribution in [0.4, 0.5) is 0 Å². The van der Waals surface area contributed by atoms with Gasteiger partial charge in [-0.15, -0.1) is 0 Å². The molecule has 0 spiro atoms. The highest BCUT2D eigenvalue weighted by Crippen LogP contribution is 2.51. The Kier molecular flexibility index (Phi) is 4.30. The summed E-state index contributed by atoms with van der Waals surface area (Å²) in [6.45, 7) is 7.12. The summed E-state index contributed by atoms with van der Waals surface area (Å²) in [6.07, 6.45) is 0.323. The van der Waals surface area contributed by atoms with Crippen LogP contribution in [-0.4, -0.2) is 37.6 Å². The second-order valence-corrected chi connectivity index (χ2v) is 13.8. The zero-order valence-electron chi connectivity index (χ0n) is 14.4. The van der Waals surface area contributed by atoms with Crippen molar-refractivity contribution >= 4 is 19.8 Å². The van der Waals surface area contributed by atoms with Crippen molar-refractivity contribution in [3.63, 3.8) is 0 Å². The summed E-state index contributed by atoms with van der Waals surface area (Å²) in [5.74, 6) is -1.36. The fourth-order valence-corrected chi connectivity index (χ4v) is 4.60. The number of esters is 1. The van der Waals surface area contributed by atoms with E-state index in [1.165, 1.54) is 0 Å². The van der Waals surface area contributed by atoms with Crippen molar-refractivity contribution in [1.82, 2.24) is 0 Å². The molecule has 3 aliphatic rings. The van der Waals surface area contributed by atoms with Gasteiger partial charge in [-0.2, -0.15) is 0 Å². The molecule has 1 aromatic rings. The normalized spacial score (nSPS) is 28.6. The molecule has 24 heavy (non-hydrogen) atoms. The second-order valence-electron chi connectivity index (χ2n) is 8.15. The van der Waals surface area contributed by atoms with Gasteiger partial charge in [-0.25, -0.2) is 0 Å². The maximum atomic E-state index is 12.6. The standard InChI is InChI=1S/C18H25NO4Si/c1-24(2,3)7-6-23-18(22)16-13-9-14(21)15(17(16)19)12-8-10(20)4-5-11(12)13/h4-5,8,13,15-17,20H,6-7,9,19H2,1-3H3/t13?,15?,16?,17-/m1/s1. The van der Waals surface area contributed by atoms with Crippen molar-refractivity contribution in [1.29, 1.82) is 0 Å². The van der Waals surface area contributed by atoms with Gasteiger partial charge in [0.15, 0.2) is 0 Å². The van der Waals surface area contributed by atoms with E-state index in [4.69, 9.17) is 10.5 Å².